The average molecular weight is 243 g/mol. The number of carbonyl (C=O) groups excluding carboxylic acids is 1. The molecule has 0 aromatic carbocycles. The largest absolute Gasteiger partial charge is 0.444 e. The SMILES string of the molecule is CC(C)CO[C@@H]1CCN(C(=O)OC(C)(C)C)C1. The number of amides is 1. The second-order valence-corrected chi connectivity index (χ2v) is 6.06. The summed E-state index contributed by atoms with van der Waals surface area (Å²) in [7, 11) is 0. The highest BCUT2D eigenvalue weighted by Crippen LogP contribution is 2.17. The minimum absolute atomic E-state index is 0.171. The van der Waals surface area contributed by atoms with Crippen LogP contribution in [0.3, 0.4) is 0 Å². The van der Waals surface area contributed by atoms with Gasteiger partial charge in [-0.1, -0.05) is 13.8 Å². The van der Waals surface area contributed by atoms with E-state index in [2.05, 4.69) is 13.8 Å². The lowest BCUT2D eigenvalue weighted by molar-refractivity contribution is 0.0174. The molecule has 1 atom stereocenters. The van der Waals surface area contributed by atoms with E-state index in [0.717, 1.165) is 19.6 Å². The Morgan fingerprint density at radius 2 is 2.06 bits per heavy atom. The molecule has 1 fully saturated rings. The molecule has 100 valence electrons. The van der Waals surface area contributed by atoms with Crippen molar-refractivity contribution in [3.63, 3.8) is 0 Å². The highest BCUT2D eigenvalue weighted by Gasteiger charge is 2.30. The molecule has 0 aliphatic carbocycles. The number of nitrogens with zero attached hydrogens (tertiary/aromatic N) is 1. The first-order valence-corrected chi connectivity index (χ1v) is 6.37. The number of hydrogen-bond acceptors (Lipinski definition) is 3. The summed E-state index contributed by atoms with van der Waals surface area (Å²) < 4.78 is 11.1. The van der Waals surface area contributed by atoms with Gasteiger partial charge >= 0.3 is 6.09 Å². The molecule has 1 rings (SSSR count). The van der Waals surface area contributed by atoms with Crippen LogP contribution in [0.25, 0.3) is 0 Å². The Bertz CT molecular complexity index is 258. The highest BCUT2D eigenvalue weighted by molar-refractivity contribution is 5.68. The van der Waals surface area contributed by atoms with Crippen LogP contribution in [0.4, 0.5) is 4.79 Å². The fourth-order valence-electron chi connectivity index (χ4n) is 1.69. The number of rotatable bonds is 3. The standard InChI is InChI=1S/C13H25NO3/c1-10(2)9-16-11-6-7-14(8-11)12(15)17-13(3,4)5/h10-11H,6-9H2,1-5H3/t11-/m1/s1. The summed E-state index contributed by atoms with van der Waals surface area (Å²) in [6, 6.07) is 0. The molecule has 0 N–H and O–H groups in total. The number of ether oxygens (including phenoxy) is 2. The smallest absolute Gasteiger partial charge is 0.410 e. The summed E-state index contributed by atoms with van der Waals surface area (Å²) in [5.74, 6) is 0.533. The predicted octanol–water partition coefficient (Wildman–Crippen LogP) is 2.67. The van der Waals surface area contributed by atoms with E-state index < -0.39 is 5.60 Å². The lowest BCUT2D eigenvalue weighted by atomic mass is 10.2. The van der Waals surface area contributed by atoms with Gasteiger partial charge in [-0.2, -0.15) is 0 Å². The molecule has 0 unspecified atom stereocenters. The van der Waals surface area contributed by atoms with Crippen LogP contribution >= 0.6 is 0 Å². The normalized spacial score (nSPS) is 21.1. The average Bonchev–Trinajstić information content (AvgIpc) is 2.60. The van der Waals surface area contributed by atoms with Crippen LogP contribution in [0.2, 0.25) is 0 Å². The van der Waals surface area contributed by atoms with Crippen molar-refractivity contribution in [1.82, 2.24) is 4.90 Å². The molecule has 0 aromatic heterocycles. The Labute approximate surface area is 104 Å². The van der Waals surface area contributed by atoms with Crippen molar-refractivity contribution in [2.75, 3.05) is 19.7 Å². The molecule has 4 heteroatoms. The first kappa shape index (κ1) is 14.3. The molecule has 1 aliphatic heterocycles. The quantitative estimate of drug-likeness (QED) is 0.765. The minimum atomic E-state index is -0.423. The zero-order valence-corrected chi connectivity index (χ0v) is 11.7. The third-order valence-electron chi connectivity index (χ3n) is 2.46. The van der Waals surface area contributed by atoms with Crippen molar-refractivity contribution in [3.8, 4) is 0 Å². The summed E-state index contributed by atoms with van der Waals surface area (Å²) in [5.41, 5.74) is -0.423. The Balaban J connectivity index is 2.32. The first-order valence-electron chi connectivity index (χ1n) is 6.37. The van der Waals surface area contributed by atoms with E-state index in [1.807, 2.05) is 20.8 Å². The van der Waals surface area contributed by atoms with E-state index in [-0.39, 0.29) is 12.2 Å². The molecule has 0 spiro atoms. The molecule has 0 bridgehead atoms. The van der Waals surface area contributed by atoms with Gasteiger partial charge in [-0.3, -0.25) is 0 Å². The Morgan fingerprint density at radius 3 is 2.59 bits per heavy atom. The van der Waals surface area contributed by atoms with Crippen molar-refractivity contribution >= 4 is 6.09 Å². The number of carbonyl (C=O) groups is 1. The summed E-state index contributed by atoms with van der Waals surface area (Å²) in [6.45, 7) is 12.0. The van der Waals surface area contributed by atoms with Gasteiger partial charge in [0.05, 0.1) is 12.6 Å². The van der Waals surface area contributed by atoms with E-state index >= 15 is 0 Å². The second-order valence-electron chi connectivity index (χ2n) is 6.06. The Morgan fingerprint density at radius 1 is 1.41 bits per heavy atom. The van der Waals surface area contributed by atoms with Gasteiger partial charge in [-0.15, -0.1) is 0 Å². The van der Waals surface area contributed by atoms with Gasteiger partial charge in [-0.05, 0) is 33.1 Å². The fraction of sp³-hybridized carbons (Fsp3) is 0.923. The molecule has 17 heavy (non-hydrogen) atoms. The Hall–Kier alpha value is -0.770. The Kier molecular flexibility index (Phi) is 4.80. The zero-order chi connectivity index (χ0) is 13.1. The third kappa shape index (κ3) is 5.39. The lowest BCUT2D eigenvalue weighted by Crippen LogP contribution is -2.36. The highest BCUT2D eigenvalue weighted by atomic mass is 16.6. The van der Waals surface area contributed by atoms with Gasteiger partial charge in [0.2, 0.25) is 0 Å². The summed E-state index contributed by atoms with van der Waals surface area (Å²) >= 11 is 0. The molecule has 1 saturated heterocycles. The van der Waals surface area contributed by atoms with Crippen LogP contribution < -0.4 is 0 Å². The molecule has 0 saturated carbocycles. The molecule has 0 aromatic rings. The van der Waals surface area contributed by atoms with Crippen LogP contribution in [-0.2, 0) is 9.47 Å². The van der Waals surface area contributed by atoms with Crippen molar-refractivity contribution in [1.29, 1.82) is 0 Å². The zero-order valence-electron chi connectivity index (χ0n) is 11.7. The third-order valence-corrected chi connectivity index (χ3v) is 2.46. The maximum Gasteiger partial charge on any atom is 0.410 e. The van der Waals surface area contributed by atoms with Crippen molar-refractivity contribution in [2.24, 2.45) is 5.92 Å². The molecular formula is C13H25NO3. The van der Waals surface area contributed by atoms with E-state index in [1.54, 1.807) is 4.90 Å². The van der Waals surface area contributed by atoms with Gasteiger partial charge < -0.3 is 14.4 Å². The topological polar surface area (TPSA) is 38.8 Å². The number of likely N-dealkylation sites (tertiary alicyclic amines) is 1. The predicted molar refractivity (Wildman–Crippen MR) is 67.0 cm³/mol. The van der Waals surface area contributed by atoms with Gasteiger partial charge in [0, 0.05) is 13.2 Å². The maximum atomic E-state index is 11.8. The summed E-state index contributed by atoms with van der Waals surface area (Å²) in [6.07, 6.45) is 0.851. The van der Waals surface area contributed by atoms with E-state index in [1.165, 1.54) is 0 Å². The molecule has 1 aliphatic rings. The molecule has 1 amide bonds. The van der Waals surface area contributed by atoms with Crippen molar-refractivity contribution in [3.05, 3.63) is 0 Å². The van der Waals surface area contributed by atoms with Crippen LogP contribution in [0.15, 0.2) is 0 Å². The molecular weight excluding hydrogens is 218 g/mol. The first-order chi connectivity index (χ1) is 7.78. The molecule has 0 radical (unpaired) electrons. The maximum absolute atomic E-state index is 11.8. The van der Waals surface area contributed by atoms with Crippen LogP contribution in [0.1, 0.15) is 41.0 Å². The monoisotopic (exact) mass is 243 g/mol. The van der Waals surface area contributed by atoms with E-state index in [0.29, 0.717) is 12.5 Å². The molecule has 1 heterocycles. The minimum Gasteiger partial charge on any atom is -0.444 e. The van der Waals surface area contributed by atoms with Gasteiger partial charge in [0.15, 0.2) is 0 Å². The van der Waals surface area contributed by atoms with Crippen LogP contribution in [0, 0.1) is 5.92 Å². The summed E-state index contributed by atoms with van der Waals surface area (Å²) in [4.78, 5) is 13.5. The van der Waals surface area contributed by atoms with Gasteiger partial charge in [0.25, 0.3) is 0 Å². The van der Waals surface area contributed by atoms with E-state index in [9.17, 15) is 4.79 Å². The number of hydrogen-bond donors (Lipinski definition) is 0. The van der Waals surface area contributed by atoms with Crippen molar-refractivity contribution in [2.45, 2.75) is 52.7 Å². The summed E-state index contributed by atoms with van der Waals surface area (Å²) in [5, 5.41) is 0. The van der Waals surface area contributed by atoms with E-state index in [4.69, 9.17) is 9.47 Å². The van der Waals surface area contributed by atoms with Crippen molar-refractivity contribution < 1.29 is 14.3 Å². The van der Waals surface area contributed by atoms with Crippen LogP contribution in [0.5, 0.6) is 0 Å². The fourth-order valence-corrected chi connectivity index (χ4v) is 1.69. The van der Waals surface area contributed by atoms with Gasteiger partial charge in [0.1, 0.15) is 5.60 Å². The molecule has 4 nitrogen and oxygen atoms in total. The van der Waals surface area contributed by atoms with Crippen LogP contribution in [-0.4, -0.2) is 42.4 Å². The second kappa shape index (κ2) is 5.71. The lowest BCUT2D eigenvalue weighted by Gasteiger charge is -2.24. The van der Waals surface area contributed by atoms with Gasteiger partial charge in [-0.25, -0.2) is 4.79 Å².